The number of methoxy groups -OCH3 is 1. The first-order valence-electron chi connectivity index (χ1n) is 5.36. The standard InChI is InChI=1S/C11H13NO7S/c1-19-9-5-3-2-4-7(9)10(13)12-8(11(14)15)6-20(16,17)18/h2-5,8H,6H2,1H3,(H,12,13)(H,14,15)(H,16,17,18). The number of ether oxygens (including phenoxy) is 1. The van der Waals surface area contributed by atoms with Gasteiger partial charge in [-0.2, -0.15) is 8.42 Å². The lowest BCUT2D eigenvalue weighted by Crippen LogP contribution is -2.45. The molecule has 1 rings (SSSR count). The van der Waals surface area contributed by atoms with E-state index in [0.717, 1.165) is 0 Å². The molecule has 1 aromatic rings. The van der Waals surface area contributed by atoms with Crippen molar-refractivity contribution in [2.45, 2.75) is 6.04 Å². The number of rotatable bonds is 6. The summed E-state index contributed by atoms with van der Waals surface area (Å²) in [4.78, 5) is 22.8. The number of aliphatic carboxylic acids is 1. The van der Waals surface area contributed by atoms with Crippen LogP contribution in [0.3, 0.4) is 0 Å². The first-order chi connectivity index (χ1) is 9.24. The van der Waals surface area contributed by atoms with E-state index in [1.807, 2.05) is 5.32 Å². The number of amides is 1. The third-order valence-corrected chi connectivity index (χ3v) is 3.09. The summed E-state index contributed by atoms with van der Waals surface area (Å²) in [7, 11) is -3.21. The van der Waals surface area contributed by atoms with Crippen LogP contribution in [0.1, 0.15) is 10.4 Å². The molecule has 0 heterocycles. The molecule has 0 aromatic heterocycles. The van der Waals surface area contributed by atoms with Crippen LogP contribution in [0.15, 0.2) is 24.3 Å². The van der Waals surface area contributed by atoms with Crippen LogP contribution < -0.4 is 10.1 Å². The minimum Gasteiger partial charge on any atom is -0.496 e. The summed E-state index contributed by atoms with van der Waals surface area (Å²) in [5, 5.41) is 10.8. The molecule has 0 bridgehead atoms. The number of carbonyl (C=O) groups excluding carboxylic acids is 1. The second kappa shape index (κ2) is 6.35. The second-order valence-electron chi connectivity index (χ2n) is 3.81. The Morgan fingerprint density at radius 1 is 1.35 bits per heavy atom. The zero-order valence-corrected chi connectivity index (χ0v) is 11.3. The van der Waals surface area contributed by atoms with Crippen LogP contribution in [0.5, 0.6) is 5.75 Å². The molecular formula is C11H13NO7S. The molecule has 110 valence electrons. The van der Waals surface area contributed by atoms with Crippen molar-refractivity contribution in [2.75, 3.05) is 12.9 Å². The SMILES string of the molecule is COc1ccccc1C(=O)NC(CS(=O)(=O)O)C(=O)O. The van der Waals surface area contributed by atoms with E-state index in [1.54, 1.807) is 6.07 Å². The molecule has 0 saturated carbocycles. The first-order valence-corrected chi connectivity index (χ1v) is 6.97. The van der Waals surface area contributed by atoms with E-state index in [-0.39, 0.29) is 11.3 Å². The van der Waals surface area contributed by atoms with Gasteiger partial charge in [-0.25, -0.2) is 4.79 Å². The monoisotopic (exact) mass is 303 g/mol. The molecule has 1 amide bonds. The number of carbonyl (C=O) groups is 2. The summed E-state index contributed by atoms with van der Waals surface area (Å²) < 4.78 is 35.0. The Kier molecular flexibility index (Phi) is 5.06. The molecule has 9 heteroatoms. The van der Waals surface area contributed by atoms with Gasteiger partial charge in [0.2, 0.25) is 0 Å². The van der Waals surface area contributed by atoms with Crippen molar-refractivity contribution in [3.8, 4) is 5.75 Å². The minimum atomic E-state index is -4.54. The van der Waals surface area contributed by atoms with Crippen molar-refractivity contribution in [2.24, 2.45) is 0 Å². The van der Waals surface area contributed by atoms with E-state index in [2.05, 4.69) is 0 Å². The second-order valence-corrected chi connectivity index (χ2v) is 5.31. The fraction of sp³-hybridized carbons (Fsp3) is 0.273. The van der Waals surface area contributed by atoms with E-state index in [9.17, 15) is 18.0 Å². The van der Waals surface area contributed by atoms with Crippen LogP contribution in [0, 0.1) is 0 Å². The van der Waals surface area contributed by atoms with Gasteiger partial charge in [0.15, 0.2) is 0 Å². The van der Waals surface area contributed by atoms with Gasteiger partial charge in [0.05, 0.1) is 12.7 Å². The topological polar surface area (TPSA) is 130 Å². The van der Waals surface area contributed by atoms with Crippen molar-refractivity contribution in [3.63, 3.8) is 0 Å². The molecule has 1 atom stereocenters. The number of benzene rings is 1. The Bertz CT molecular complexity index is 611. The van der Waals surface area contributed by atoms with Gasteiger partial charge in [-0.15, -0.1) is 0 Å². The Morgan fingerprint density at radius 3 is 2.45 bits per heavy atom. The smallest absolute Gasteiger partial charge is 0.327 e. The van der Waals surface area contributed by atoms with Crippen LogP contribution in [-0.2, 0) is 14.9 Å². The van der Waals surface area contributed by atoms with E-state index in [1.165, 1.54) is 25.3 Å². The Morgan fingerprint density at radius 2 is 1.95 bits per heavy atom. The summed E-state index contributed by atoms with van der Waals surface area (Å²) in [5.41, 5.74) is 0.0524. The minimum absolute atomic E-state index is 0.0524. The Balaban J connectivity index is 2.94. The predicted octanol–water partition coefficient (Wildman–Crippen LogP) is -0.234. The van der Waals surface area contributed by atoms with Gasteiger partial charge in [-0.1, -0.05) is 12.1 Å². The van der Waals surface area contributed by atoms with Crippen molar-refractivity contribution in [1.82, 2.24) is 5.32 Å². The highest BCUT2D eigenvalue weighted by Gasteiger charge is 2.26. The molecule has 0 aliphatic heterocycles. The van der Waals surface area contributed by atoms with Crippen LogP contribution >= 0.6 is 0 Å². The molecule has 3 N–H and O–H groups in total. The number of carboxylic acids is 1. The fourth-order valence-electron chi connectivity index (χ4n) is 1.45. The quantitative estimate of drug-likeness (QED) is 0.618. The zero-order chi connectivity index (χ0) is 15.3. The highest BCUT2D eigenvalue weighted by molar-refractivity contribution is 7.85. The molecule has 0 aliphatic carbocycles. The van der Waals surface area contributed by atoms with Gasteiger partial charge >= 0.3 is 5.97 Å². The molecule has 0 radical (unpaired) electrons. The molecule has 8 nitrogen and oxygen atoms in total. The maximum Gasteiger partial charge on any atom is 0.327 e. The number of para-hydroxylation sites is 1. The molecule has 20 heavy (non-hydrogen) atoms. The molecule has 0 aliphatic rings. The number of carboxylic acid groups (broad SMARTS) is 1. The maximum absolute atomic E-state index is 11.9. The van der Waals surface area contributed by atoms with Crippen molar-refractivity contribution in [3.05, 3.63) is 29.8 Å². The largest absolute Gasteiger partial charge is 0.496 e. The summed E-state index contributed by atoms with van der Waals surface area (Å²) in [6.45, 7) is 0. The third kappa shape index (κ3) is 4.52. The van der Waals surface area contributed by atoms with E-state index < -0.39 is 33.8 Å². The predicted molar refractivity (Wildman–Crippen MR) is 68.3 cm³/mol. The van der Waals surface area contributed by atoms with Gasteiger partial charge in [0.25, 0.3) is 16.0 Å². The molecule has 0 spiro atoms. The lowest BCUT2D eigenvalue weighted by atomic mass is 10.1. The fourth-order valence-corrected chi connectivity index (χ4v) is 2.10. The van der Waals surface area contributed by atoms with Crippen molar-refractivity contribution < 1.29 is 32.4 Å². The lowest BCUT2D eigenvalue weighted by molar-refractivity contribution is -0.138. The van der Waals surface area contributed by atoms with Gasteiger partial charge < -0.3 is 15.2 Å². The van der Waals surface area contributed by atoms with Gasteiger partial charge in [0, 0.05) is 0 Å². The summed E-state index contributed by atoms with van der Waals surface area (Å²) in [6.07, 6.45) is 0. The molecule has 1 unspecified atom stereocenters. The average Bonchev–Trinajstić information content (AvgIpc) is 2.36. The summed E-state index contributed by atoms with van der Waals surface area (Å²) in [5.74, 6) is -3.31. The lowest BCUT2D eigenvalue weighted by Gasteiger charge is -2.14. The van der Waals surface area contributed by atoms with Crippen LogP contribution in [0.4, 0.5) is 0 Å². The normalized spacial score (nSPS) is 12.5. The van der Waals surface area contributed by atoms with Crippen LogP contribution in [0.2, 0.25) is 0 Å². The molecule has 0 fully saturated rings. The van der Waals surface area contributed by atoms with E-state index in [4.69, 9.17) is 14.4 Å². The van der Waals surface area contributed by atoms with Crippen molar-refractivity contribution >= 4 is 22.0 Å². The molecule has 0 saturated heterocycles. The van der Waals surface area contributed by atoms with Crippen LogP contribution in [-0.4, -0.2) is 48.9 Å². The van der Waals surface area contributed by atoms with E-state index >= 15 is 0 Å². The average molecular weight is 303 g/mol. The van der Waals surface area contributed by atoms with Gasteiger partial charge in [-0.3, -0.25) is 9.35 Å². The Labute approximate surface area is 115 Å². The zero-order valence-electron chi connectivity index (χ0n) is 10.4. The summed E-state index contributed by atoms with van der Waals surface area (Å²) >= 11 is 0. The highest BCUT2D eigenvalue weighted by Crippen LogP contribution is 2.17. The molecule has 1 aromatic carbocycles. The highest BCUT2D eigenvalue weighted by atomic mass is 32.2. The molecular weight excluding hydrogens is 290 g/mol. The number of hydrogen-bond acceptors (Lipinski definition) is 5. The number of hydrogen-bond donors (Lipinski definition) is 3. The number of nitrogens with one attached hydrogen (secondary N) is 1. The van der Waals surface area contributed by atoms with Crippen molar-refractivity contribution in [1.29, 1.82) is 0 Å². The van der Waals surface area contributed by atoms with E-state index in [0.29, 0.717) is 0 Å². The third-order valence-electron chi connectivity index (χ3n) is 2.33. The van der Waals surface area contributed by atoms with Crippen LogP contribution in [0.25, 0.3) is 0 Å². The van der Waals surface area contributed by atoms with Gasteiger partial charge in [0.1, 0.15) is 17.5 Å². The summed E-state index contributed by atoms with van der Waals surface area (Å²) in [6, 6.07) is 4.27. The Hall–Kier alpha value is -2.13. The van der Waals surface area contributed by atoms with Gasteiger partial charge in [-0.05, 0) is 12.1 Å². The maximum atomic E-state index is 11.9. The first kappa shape index (κ1) is 15.9.